The van der Waals surface area contributed by atoms with Crippen LogP contribution in [0.1, 0.15) is 17.2 Å². The van der Waals surface area contributed by atoms with Crippen molar-refractivity contribution >= 4 is 0 Å². The van der Waals surface area contributed by atoms with Crippen molar-refractivity contribution in [2.45, 2.75) is 12.1 Å². The third-order valence-corrected chi connectivity index (χ3v) is 4.16. The maximum Gasteiger partial charge on any atom is 0.183 e. The van der Waals surface area contributed by atoms with Gasteiger partial charge in [-0.1, -0.05) is 6.07 Å². The molecule has 112 valence electrons. The Morgan fingerprint density at radius 3 is 3.14 bits per heavy atom. The van der Waals surface area contributed by atoms with Crippen molar-refractivity contribution < 1.29 is 13.9 Å². The van der Waals surface area contributed by atoms with Crippen molar-refractivity contribution in [2.75, 3.05) is 39.9 Å². The molecule has 1 aromatic rings. The van der Waals surface area contributed by atoms with Gasteiger partial charge in [0.2, 0.25) is 0 Å². The van der Waals surface area contributed by atoms with E-state index in [0.29, 0.717) is 24.8 Å². The minimum absolute atomic E-state index is 0.00791. The van der Waals surface area contributed by atoms with Gasteiger partial charge in [0.1, 0.15) is 6.07 Å². The first-order chi connectivity index (χ1) is 10.2. The maximum absolute atomic E-state index is 14.2. The lowest BCUT2D eigenvalue weighted by Gasteiger charge is -2.42. The van der Waals surface area contributed by atoms with E-state index in [4.69, 9.17) is 14.7 Å². The Balaban J connectivity index is 1.87. The summed E-state index contributed by atoms with van der Waals surface area (Å²) in [6, 6.07) is 5.43. The fourth-order valence-corrected chi connectivity index (χ4v) is 3.01. The topological polar surface area (TPSA) is 57.5 Å². The first kappa shape index (κ1) is 14.3. The van der Waals surface area contributed by atoms with Gasteiger partial charge >= 0.3 is 0 Å². The smallest absolute Gasteiger partial charge is 0.183 e. The van der Waals surface area contributed by atoms with Crippen LogP contribution in [0.5, 0.6) is 5.75 Å². The number of nitriles is 1. The van der Waals surface area contributed by atoms with Crippen molar-refractivity contribution in [3.05, 3.63) is 29.1 Å². The average Bonchev–Trinajstić information content (AvgIpc) is 2.54. The Labute approximate surface area is 123 Å². The van der Waals surface area contributed by atoms with Crippen molar-refractivity contribution in [3.63, 3.8) is 0 Å². The molecule has 1 N–H and O–H groups in total. The molecule has 0 aliphatic carbocycles. The summed E-state index contributed by atoms with van der Waals surface area (Å²) in [7, 11) is 1.42. The standard InChI is InChI=1S/C15H18FN3O2/c1-20-15-12(3-2-10(6-17)14(15)16)13-8-19-5-4-18-7-11(19)9-21-13/h2-3,11,13,18H,4-5,7-9H2,1H3/t11-,13+/m1/s1. The fourth-order valence-electron chi connectivity index (χ4n) is 3.01. The SMILES string of the molecule is COc1c([C@@H]2CN3CCNC[C@@H]3CO2)ccc(C#N)c1F. The quantitative estimate of drug-likeness (QED) is 0.882. The van der Waals surface area contributed by atoms with Crippen molar-refractivity contribution in [3.8, 4) is 11.8 Å². The molecule has 0 unspecified atom stereocenters. The first-order valence-corrected chi connectivity index (χ1v) is 7.07. The van der Waals surface area contributed by atoms with Gasteiger partial charge in [0.05, 0.1) is 25.4 Å². The minimum atomic E-state index is -0.608. The molecule has 2 atom stereocenters. The summed E-state index contributed by atoms with van der Waals surface area (Å²) in [4.78, 5) is 2.36. The molecule has 2 saturated heterocycles. The van der Waals surface area contributed by atoms with Gasteiger partial charge in [0, 0.05) is 37.8 Å². The van der Waals surface area contributed by atoms with Crippen LogP contribution in [0.25, 0.3) is 0 Å². The van der Waals surface area contributed by atoms with E-state index in [1.54, 1.807) is 6.07 Å². The summed E-state index contributed by atoms with van der Waals surface area (Å²) in [5.74, 6) is -0.490. The number of hydrogen-bond acceptors (Lipinski definition) is 5. The molecule has 6 heteroatoms. The number of nitrogens with zero attached hydrogens (tertiary/aromatic N) is 2. The Hall–Kier alpha value is -1.68. The van der Waals surface area contributed by atoms with E-state index in [1.807, 2.05) is 6.07 Å². The number of hydrogen-bond donors (Lipinski definition) is 1. The normalized spacial score (nSPS) is 26.0. The van der Waals surface area contributed by atoms with Gasteiger partial charge in [0.25, 0.3) is 0 Å². The van der Waals surface area contributed by atoms with E-state index >= 15 is 0 Å². The van der Waals surface area contributed by atoms with E-state index < -0.39 is 5.82 Å². The second-order valence-corrected chi connectivity index (χ2v) is 5.34. The van der Waals surface area contributed by atoms with E-state index in [2.05, 4.69) is 10.2 Å². The molecule has 0 amide bonds. The summed E-state index contributed by atoms with van der Waals surface area (Å²) < 4.78 is 25.3. The number of morpholine rings is 1. The molecule has 0 spiro atoms. The lowest BCUT2D eigenvalue weighted by atomic mass is 10.0. The van der Waals surface area contributed by atoms with Crippen LogP contribution in [-0.2, 0) is 4.74 Å². The summed E-state index contributed by atoms with van der Waals surface area (Å²) in [5, 5.41) is 12.2. The lowest BCUT2D eigenvalue weighted by molar-refractivity contribution is -0.0725. The van der Waals surface area contributed by atoms with Crippen molar-refractivity contribution in [1.29, 1.82) is 5.26 Å². The Morgan fingerprint density at radius 2 is 2.38 bits per heavy atom. The van der Waals surface area contributed by atoms with Crippen molar-refractivity contribution in [2.24, 2.45) is 0 Å². The summed E-state index contributed by atoms with van der Waals surface area (Å²) in [6.45, 7) is 4.18. The number of nitrogens with one attached hydrogen (secondary N) is 1. The molecule has 2 aliphatic rings. The molecular formula is C15H18FN3O2. The Kier molecular flexibility index (Phi) is 4.06. The number of rotatable bonds is 2. The van der Waals surface area contributed by atoms with Gasteiger partial charge in [-0.2, -0.15) is 5.26 Å². The Bertz CT molecular complexity index is 573. The van der Waals surface area contributed by atoms with Crippen LogP contribution in [-0.4, -0.2) is 50.8 Å². The number of piperazine rings is 1. The number of halogens is 1. The zero-order valence-electron chi connectivity index (χ0n) is 11.9. The highest BCUT2D eigenvalue weighted by molar-refractivity contribution is 5.45. The van der Waals surface area contributed by atoms with Crippen LogP contribution in [0.4, 0.5) is 4.39 Å². The van der Waals surface area contributed by atoms with Gasteiger partial charge in [-0.3, -0.25) is 4.90 Å². The van der Waals surface area contributed by atoms with E-state index in [9.17, 15) is 4.39 Å². The largest absolute Gasteiger partial charge is 0.493 e. The number of fused-ring (bicyclic) bond motifs is 1. The molecular weight excluding hydrogens is 273 g/mol. The summed E-state index contributed by atoms with van der Waals surface area (Å²) in [5.41, 5.74) is 0.664. The zero-order valence-corrected chi connectivity index (χ0v) is 11.9. The molecule has 0 radical (unpaired) electrons. The summed E-state index contributed by atoms with van der Waals surface area (Å²) in [6.07, 6.45) is -0.225. The highest BCUT2D eigenvalue weighted by Gasteiger charge is 2.33. The van der Waals surface area contributed by atoms with Gasteiger partial charge in [-0.15, -0.1) is 0 Å². The highest BCUT2D eigenvalue weighted by Crippen LogP contribution is 2.34. The van der Waals surface area contributed by atoms with Crippen LogP contribution in [0, 0.1) is 17.1 Å². The molecule has 0 aromatic heterocycles. The number of benzene rings is 1. The molecule has 0 saturated carbocycles. The van der Waals surface area contributed by atoms with Crippen LogP contribution in [0.15, 0.2) is 12.1 Å². The highest BCUT2D eigenvalue weighted by atomic mass is 19.1. The lowest BCUT2D eigenvalue weighted by Crippen LogP contribution is -2.57. The molecule has 1 aromatic carbocycles. The predicted octanol–water partition coefficient (Wildman–Crippen LogP) is 1.05. The number of ether oxygens (including phenoxy) is 2. The zero-order chi connectivity index (χ0) is 14.8. The van der Waals surface area contributed by atoms with Crippen LogP contribution in [0.2, 0.25) is 0 Å². The van der Waals surface area contributed by atoms with E-state index in [0.717, 1.165) is 19.6 Å². The molecule has 2 heterocycles. The molecule has 2 fully saturated rings. The Morgan fingerprint density at radius 1 is 1.52 bits per heavy atom. The molecule has 2 aliphatic heterocycles. The summed E-state index contributed by atoms with van der Waals surface area (Å²) >= 11 is 0. The minimum Gasteiger partial charge on any atom is -0.493 e. The van der Waals surface area contributed by atoms with Crippen LogP contribution >= 0.6 is 0 Å². The van der Waals surface area contributed by atoms with Gasteiger partial charge < -0.3 is 14.8 Å². The van der Waals surface area contributed by atoms with Crippen LogP contribution in [0.3, 0.4) is 0 Å². The van der Waals surface area contributed by atoms with Crippen molar-refractivity contribution in [1.82, 2.24) is 10.2 Å². The third kappa shape index (κ3) is 2.60. The van der Waals surface area contributed by atoms with Crippen LogP contribution < -0.4 is 10.1 Å². The molecule has 5 nitrogen and oxygen atoms in total. The maximum atomic E-state index is 14.2. The van der Waals surface area contributed by atoms with Gasteiger partial charge in [0.15, 0.2) is 11.6 Å². The second kappa shape index (κ2) is 5.98. The number of methoxy groups -OCH3 is 1. The molecule has 0 bridgehead atoms. The van der Waals surface area contributed by atoms with Gasteiger partial charge in [-0.05, 0) is 6.07 Å². The molecule has 3 rings (SSSR count). The average molecular weight is 291 g/mol. The third-order valence-electron chi connectivity index (χ3n) is 4.16. The molecule has 21 heavy (non-hydrogen) atoms. The monoisotopic (exact) mass is 291 g/mol. The first-order valence-electron chi connectivity index (χ1n) is 7.07. The fraction of sp³-hybridized carbons (Fsp3) is 0.533. The second-order valence-electron chi connectivity index (χ2n) is 5.34. The van der Waals surface area contributed by atoms with Gasteiger partial charge in [-0.25, -0.2) is 4.39 Å². The predicted molar refractivity (Wildman–Crippen MR) is 74.6 cm³/mol. The van der Waals surface area contributed by atoms with E-state index in [-0.39, 0.29) is 17.4 Å². The van der Waals surface area contributed by atoms with E-state index in [1.165, 1.54) is 13.2 Å².